The summed E-state index contributed by atoms with van der Waals surface area (Å²) < 4.78 is 0.819. The number of aromatic nitrogens is 1. The molecule has 0 radical (unpaired) electrons. The number of pyridine rings is 1. The van der Waals surface area contributed by atoms with Crippen LogP contribution in [0.25, 0.3) is 0 Å². The maximum atomic E-state index is 4.27. The summed E-state index contributed by atoms with van der Waals surface area (Å²) in [6.45, 7) is 0.494. The predicted octanol–water partition coefficient (Wildman–Crippen LogP) is 4.13. The zero-order valence-corrected chi connectivity index (χ0v) is 10.1. The van der Waals surface area contributed by atoms with E-state index in [0.717, 1.165) is 16.0 Å². The maximum Gasteiger partial charge on any atom is 0.106 e. The van der Waals surface area contributed by atoms with Crippen LogP contribution in [0.1, 0.15) is 5.69 Å². The first kappa shape index (κ1) is 11.0. The van der Waals surface area contributed by atoms with E-state index in [9.17, 15) is 0 Å². The molecule has 1 aromatic heterocycles. The minimum atomic E-state index is 0.494. The van der Waals surface area contributed by atoms with Crippen LogP contribution in [0.2, 0.25) is 0 Å². The molecule has 4 heteroatoms. The normalized spacial score (nSPS) is 10.8. The maximum absolute atomic E-state index is 4.27. The third-order valence-electron chi connectivity index (χ3n) is 1.95. The SMILES string of the molecule is Brc1cccc(CN=Nc2ccccc2)n1. The first-order valence-corrected chi connectivity index (χ1v) is 5.68. The minimum absolute atomic E-state index is 0.494. The molecule has 80 valence electrons. The molecule has 0 bridgehead atoms. The van der Waals surface area contributed by atoms with Crippen molar-refractivity contribution in [3.05, 3.63) is 58.8 Å². The Hall–Kier alpha value is -1.55. The van der Waals surface area contributed by atoms with Gasteiger partial charge in [0.25, 0.3) is 0 Å². The molecule has 0 saturated carbocycles. The first-order chi connectivity index (χ1) is 7.84. The zero-order valence-electron chi connectivity index (χ0n) is 8.55. The lowest BCUT2D eigenvalue weighted by Crippen LogP contribution is -1.86. The molecule has 1 aromatic carbocycles. The molecule has 0 aliphatic carbocycles. The van der Waals surface area contributed by atoms with Crippen molar-refractivity contribution in [2.75, 3.05) is 0 Å². The molecule has 0 aliphatic heterocycles. The second-order valence-corrected chi connectivity index (χ2v) is 4.00. The highest BCUT2D eigenvalue weighted by Gasteiger charge is 1.93. The third-order valence-corrected chi connectivity index (χ3v) is 2.39. The average Bonchev–Trinajstić information content (AvgIpc) is 2.30. The quantitative estimate of drug-likeness (QED) is 0.613. The van der Waals surface area contributed by atoms with Crippen molar-refractivity contribution in [3.63, 3.8) is 0 Å². The lowest BCUT2D eigenvalue weighted by Gasteiger charge is -1.95. The van der Waals surface area contributed by atoms with Gasteiger partial charge in [0.2, 0.25) is 0 Å². The van der Waals surface area contributed by atoms with Crippen molar-refractivity contribution in [2.45, 2.75) is 6.54 Å². The summed E-state index contributed by atoms with van der Waals surface area (Å²) in [4.78, 5) is 4.27. The van der Waals surface area contributed by atoms with E-state index in [1.54, 1.807) is 0 Å². The van der Waals surface area contributed by atoms with E-state index in [1.807, 2.05) is 48.5 Å². The van der Waals surface area contributed by atoms with Gasteiger partial charge in [0, 0.05) is 0 Å². The van der Waals surface area contributed by atoms with E-state index in [4.69, 9.17) is 0 Å². The molecule has 0 aliphatic rings. The highest BCUT2D eigenvalue weighted by atomic mass is 79.9. The highest BCUT2D eigenvalue weighted by molar-refractivity contribution is 9.10. The van der Waals surface area contributed by atoms with Gasteiger partial charge < -0.3 is 0 Å². The summed E-state index contributed by atoms with van der Waals surface area (Å²) in [5.74, 6) is 0. The van der Waals surface area contributed by atoms with Crippen LogP contribution in [-0.4, -0.2) is 4.98 Å². The highest BCUT2D eigenvalue weighted by Crippen LogP contribution is 2.12. The van der Waals surface area contributed by atoms with Crippen molar-refractivity contribution in [2.24, 2.45) is 10.2 Å². The molecule has 0 spiro atoms. The van der Waals surface area contributed by atoms with Crippen LogP contribution in [0.5, 0.6) is 0 Å². The van der Waals surface area contributed by atoms with Crippen molar-refractivity contribution in [1.82, 2.24) is 4.98 Å². The van der Waals surface area contributed by atoms with Gasteiger partial charge in [0.05, 0.1) is 11.4 Å². The summed E-state index contributed by atoms with van der Waals surface area (Å²) in [5.41, 5.74) is 1.76. The minimum Gasteiger partial charge on any atom is -0.244 e. The molecule has 16 heavy (non-hydrogen) atoms. The van der Waals surface area contributed by atoms with Crippen molar-refractivity contribution < 1.29 is 0 Å². The van der Waals surface area contributed by atoms with Gasteiger partial charge in [-0.15, -0.1) is 0 Å². The number of rotatable bonds is 3. The van der Waals surface area contributed by atoms with Crippen LogP contribution in [0.4, 0.5) is 5.69 Å². The van der Waals surface area contributed by atoms with Gasteiger partial charge in [-0.1, -0.05) is 24.3 Å². The van der Waals surface area contributed by atoms with Crippen molar-refractivity contribution in [1.29, 1.82) is 0 Å². The van der Waals surface area contributed by atoms with Crippen LogP contribution in [-0.2, 0) is 6.54 Å². The summed E-state index contributed by atoms with van der Waals surface area (Å²) in [6, 6.07) is 15.4. The van der Waals surface area contributed by atoms with Gasteiger partial charge in [-0.05, 0) is 40.2 Å². The summed E-state index contributed by atoms with van der Waals surface area (Å²) in [7, 11) is 0. The standard InChI is InChI=1S/C12H10BrN3/c13-12-8-4-7-11(15-12)9-14-16-10-5-2-1-3-6-10/h1-8H,9H2. The Balaban J connectivity index is 2.00. The van der Waals surface area contributed by atoms with Crippen LogP contribution in [0.15, 0.2) is 63.4 Å². The second-order valence-electron chi connectivity index (χ2n) is 3.19. The number of benzene rings is 1. The topological polar surface area (TPSA) is 37.6 Å². The lowest BCUT2D eigenvalue weighted by molar-refractivity contribution is 0.909. The van der Waals surface area contributed by atoms with Gasteiger partial charge in [-0.3, -0.25) is 0 Å². The summed E-state index contributed by atoms with van der Waals surface area (Å²) in [5, 5.41) is 8.20. The van der Waals surface area contributed by atoms with E-state index >= 15 is 0 Å². The third kappa shape index (κ3) is 3.24. The Kier molecular flexibility index (Phi) is 3.77. The molecule has 3 nitrogen and oxygen atoms in total. The Labute approximate surface area is 102 Å². The van der Waals surface area contributed by atoms with E-state index in [2.05, 4.69) is 31.1 Å². The first-order valence-electron chi connectivity index (χ1n) is 4.88. The molecule has 0 unspecified atom stereocenters. The number of hydrogen-bond acceptors (Lipinski definition) is 3. The fraction of sp³-hybridized carbons (Fsp3) is 0.0833. The summed E-state index contributed by atoms with van der Waals surface area (Å²) >= 11 is 3.32. The molecule has 0 atom stereocenters. The molecular weight excluding hydrogens is 266 g/mol. The van der Waals surface area contributed by atoms with Crippen LogP contribution < -0.4 is 0 Å². The van der Waals surface area contributed by atoms with Crippen LogP contribution >= 0.6 is 15.9 Å². The smallest absolute Gasteiger partial charge is 0.106 e. The fourth-order valence-electron chi connectivity index (χ4n) is 1.22. The van der Waals surface area contributed by atoms with Gasteiger partial charge in [0.15, 0.2) is 0 Å². The molecular formula is C12H10BrN3. The van der Waals surface area contributed by atoms with Crippen LogP contribution in [0.3, 0.4) is 0 Å². The molecule has 0 fully saturated rings. The van der Waals surface area contributed by atoms with Gasteiger partial charge >= 0.3 is 0 Å². The molecule has 0 saturated heterocycles. The zero-order chi connectivity index (χ0) is 11.2. The van der Waals surface area contributed by atoms with Crippen molar-refractivity contribution >= 4 is 21.6 Å². The average molecular weight is 276 g/mol. The van der Waals surface area contributed by atoms with Crippen molar-refractivity contribution in [3.8, 4) is 0 Å². The van der Waals surface area contributed by atoms with Gasteiger partial charge in [-0.2, -0.15) is 10.2 Å². The number of hydrogen-bond donors (Lipinski definition) is 0. The second kappa shape index (κ2) is 5.51. The molecule has 0 N–H and O–H groups in total. The van der Waals surface area contributed by atoms with E-state index < -0.39 is 0 Å². The molecule has 0 amide bonds. The fourth-order valence-corrected chi connectivity index (χ4v) is 1.60. The Morgan fingerprint density at radius 3 is 2.56 bits per heavy atom. The lowest BCUT2D eigenvalue weighted by atomic mass is 10.3. The Morgan fingerprint density at radius 2 is 1.81 bits per heavy atom. The Bertz CT molecular complexity index is 483. The Morgan fingerprint density at radius 1 is 1.00 bits per heavy atom. The number of nitrogens with zero attached hydrogens (tertiary/aromatic N) is 3. The number of halogens is 1. The molecule has 2 rings (SSSR count). The largest absolute Gasteiger partial charge is 0.244 e. The summed E-state index contributed by atoms with van der Waals surface area (Å²) in [6.07, 6.45) is 0. The van der Waals surface area contributed by atoms with E-state index in [0.29, 0.717) is 6.54 Å². The van der Waals surface area contributed by atoms with E-state index in [1.165, 1.54) is 0 Å². The van der Waals surface area contributed by atoms with Gasteiger partial charge in [0.1, 0.15) is 11.1 Å². The van der Waals surface area contributed by atoms with Gasteiger partial charge in [-0.25, -0.2) is 4.98 Å². The van der Waals surface area contributed by atoms with Crippen LogP contribution in [0, 0.1) is 0 Å². The van der Waals surface area contributed by atoms with E-state index in [-0.39, 0.29) is 0 Å². The molecule has 2 aromatic rings. The monoisotopic (exact) mass is 275 g/mol. The molecule has 1 heterocycles. The predicted molar refractivity (Wildman–Crippen MR) is 66.6 cm³/mol. The number of azo groups is 1.